The Bertz CT molecular complexity index is 601. The van der Waals surface area contributed by atoms with Crippen LogP contribution in [0, 0.1) is 0 Å². The first-order valence-electron chi connectivity index (χ1n) is 5.45. The molecule has 0 N–H and O–H groups in total. The Kier molecular flexibility index (Phi) is 5.02. The van der Waals surface area contributed by atoms with Crippen LogP contribution in [0.15, 0.2) is 40.9 Å². The molecule has 2 aromatic rings. The number of benzene rings is 2. The van der Waals surface area contributed by atoms with E-state index in [0.29, 0.717) is 10.0 Å². The average molecular weight is 380 g/mol. The van der Waals surface area contributed by atoms with E-state index in [4.69, 9.17) is 39.5 Å². The zero-order valence-electron chi connectivity index (χ0n) is 9.96. The lowest BCUT2D eigenvalue weighted by Gasteiger charge is -2.15. The molecule has 100 valence electrons. The normalized spacial score (nSPS) is 12.3. The Morgan fingerprint density at radius 3 is 2.32 bits per heavy atom. The van der Waals surface area contributed by atoms with Crippen LogP contribution in [0.25, 0.3) is 0 Å². The molecule has 0 heterocycles. The maximum atomic E-state index is 6.49. The molecule has 0 radical (unpaired) electrons. The van der Waals surface area contributed by atoms with Crippen LogP contribution in [0.5, 0.6) is 5.75 Å². The van der Waals surface area contributed by atoms with E-state index >= 15 is 0 Å². The number of ether oxygens (including phenoxy) is 1. The van der Waals surface area contributed by atoms with E-state index in [0.717, 1.165) is 21.3 Å². The Morgan fingerprint density at radius 2 is 1.74 bits per heavy atom. The van der Waals surface area contributed by atoms with Crippen molar-refractivity contribution >= 4 is 50.7 Å². The monoisotopic (exact) mass is 378 g/mol. The van der Waals surface area contributed by atoms with Gasteiger partial charge in [0.1, 0.15) is 5.75 Å². The molecule has 1 nitrogen and oxygen atoms in total. The highest BCUT2D eigenvalue weighted by Gasteiger charge is 2.17. The lowest BCUT2D eigenvalue weighted by atomic mass is 10.0. The second-order valence-corrected chi connectivity index (χ2v) is 6.05. The minimum atomic E-state index is -0.356. The van der Waals surface area contributed by atoms with Crippen molar-refractivity contribution in [2.45, 2.75) is 5.38 Å². The lowest BCUT2D eigenvalue weighted by molar-refractivity contribution is 0.414. The zero-order chi connectivity index (χ0) is 14.0. The van der Waals surface area contributed by atoms with E-state index in [1.807, 2.05) is 24.3 Å². The SMILES string of the molecule is COc1ccc(C(Cl)c2ccc(Cl)cc2Cl)c(Br)c1. The van der Waals surface area contributed by atoms with Gasteiger partial charge in [0.2, 0.25) is 0 Å². The van der Waals surface area contributed by atoms with Gasteiger partial charge in [-0.25, -0.2) is 0 Å². The van der Waals surface area contributed by atoms with Gasteiger partial charge in [-0.3, -0.25) is 0 Å². The van der Waals surface area contributed by atoms with Crippen LogP contribution in [0.2, 0.25) is 10.0 Å². The fourth-order valence-electron chi connectivity index (χ4n) is 1.71. The van der Waals surface area contributed by atoms with Crippen LogP contribution in [0.3, 0.4) is 0 Å². The highest BCUT2D eigenvalue weighted by Crippen LogP contribution is 2.39. The van der Waals surface area contributed by atoms with Crippen molar-refractivity contribution in [2.75, 3.05) is 7.11 Å². The average Bonchev–Trinajstić information content (AvgIpc) is 2.37. The highest BCUT2D eigenvalue weighted by atomic mass is 79.9. The first-order valence-corrected chi connectivity index (χ1v) is 7.44. The summed E-state index contributed by atoms with van der Waals surface area (Å²) < 4.78 is 6.03. The van der Waals surface area contributed by atoms with E-state index in [-0.39, 0.29) is 5.38 Å². The summed E-state index contributed by atoms with van der Waals surface area (Å²) in [7, 11) is 1.62. The van der Waals surface area contributed by atoms with Gasteiger partial charge in [-0.05, 0) is 35.4 Å². The lowest BCUT2D eigenvalue weighted by Crippen LogP contribution is -1.96. The second kappa shape index (κ2) is 6.36. The van der Waals surface area contributed by atoms with E-state index in [2.05, 4.69) is 15.9 Å². The molecule has 1 atom stereocenters. The summed E-state index contributed by atoms with van der Waals surface area (Å²) in [5.74, 6) is 0.765. The third-order valence-electron chi connectivity index (χ3n) is 2.72. The Balaban J connectivity index is 2.41. The third-order valence-corrected chi connectivity index (χ3v) is 4.44. The van der Waals surface area contributed by atoms with Crippen molar-refractivity contribution in [3.8, 4) is 5.75 Å². The Hall–Kier alpha value is -0.410. The molecule has 0 aliphatic heterocycles. The van der Waals surface area contributed by atoms with Crippen LogP contribution in [0.4, 0.5) is 0 Å². The van der Waals surface area contributed by atoms with Crippen LogP contribution in [-0.4, -0.2) is 7.11 Å². The summed E-state index contributed by atoms with van der Waals surface area (Å²) in [5.41, 5.74) is 1.74. The van der Waals surface area contributed by atoms with E-state index in [9.17, 15) is 0 Å². The van der Waals surface area contributed by atoms with Crippen molar-refractivity contribution in [1.29, 1.82) is 0 Å². The number of rotatable bonds is 3. The number of hydrogen-bond acceptors (Lipinski definition) is 1. The Labute approximate surface area is 135 Å². The molecule has 1 unspecified atom stereocenters. The predicted octanol–water partition coefficient (Wildman–Crippen LogP) is 6.09. The quantitative estimate of drug-likeness (QED) is 0.585. The van der Waals surface area contributed by atoms with Crippen molar-refractivity contribution in [3.05, 3.63) is 62.0 Å². The highest BCUT2D eigenvalue weighted by molar-refractivity contribution is 9.10. The van der Waals surface area contributed by atoms with E-state index in [1.54, 1.807) is 19.2 Å². The van der Waals surface area contributed by atoms with E-state index in [1.165, 1.54) is 0 Å². The van der Waals surface area contributed by atoms with Gasteiger partial charge in [-0.2, -0.15) is 0 Å². The van der Waals surface area contributed by atoms with Crippen molar-refractivity contribution in [3.63, 3.8) is 0 Å². The van der Waals surface area contributed by atoms with Gasteiger partial charge >= 0.3 is 0 Å². The molecule has 0 spiro atoms. The van der Waals surface area contributed by atoms with Crippen LogP contribution < -0.4 is 4.74 Å². The molecule has 0 amide bonds. The van der Waals surface area contributed by atoms with Gasteiger partial charge in [0.15, 0.2) is 0 Å². The molecule has 0 aliphatic rings. The summed E-state index contributed by atoms with van der Waals surface area (Å²) in [6.07, 6.45) is 0. The van der Waals surface area contributed by atoms with Crippen LogP contribution in [-0.2, 0) is 0 Å². The van der Waals surface area contributed by atoms with Gasteiger partial charge in [0, 0.05) is 14.5 Å². The summed E-state index contributed by atoms with van der Waals surface area (Å²) in [6.45, 7) is 0. The molecule has 19 heavy (non-hydrogen) atoms. The first-order chi connectivity index (χ1) is 9.02. The van der Waals surface area contributed by atoms with Gasteiger partial charge in [0.25, 0.3) is 0 Å². The van der Waals surface area contributed by atoms with Crippen LogP contribution in [0.1, 0.15) is 16.5 Å². The van der Waals surface area contributed by atoms with Gasteiger partial charge in [-0.1, -0.05) is 51.3 Å². The number of hydrogen-bond donors (Lipinski definition) is 0. The summed E-state index contributed by atoms with van der Waals surface area (Å²) in [6, 6.07) is 10.9. The van der Waals surface area contributed by atoms with Crippen molar-refractivity contribution in [1.82, 2.24) is 0 Å². The molecule has 0 saturated carbocycles. The molecule has 5 heteroatoms. The minimum absolute atomic E-state index is 0.356. The van der Waals surface area contributed by atoms with Gasteiger partial charge in [-0.15, -0.1) is 11.6 Å². The molecule has 0 aliphatic carbocycles. The van der Waals surface area contributed by atoms with Crippen molar-refractivity contribution < 1.29 is 4.74 Å². The molecule has 2 aromatic carbocycles. The molecular formula is C14H10BrCl3O. The molecule has 2 rings (SSSR count). The standard InChI is InChI=1S/C14H10BrCl3O/c1-19-9-3-5-10(12(15)7-9)14(18)11-4-2-8(16)6-13(11)17/h2-7,14H,1H3. The van der Waals surface area contributed by atoms with Gasteiger partial charge < -0.3 is 4.74 Å². The van der Waals surface area contributed by atoms with E-state index < -0.39 is 0 Å². The predicted molar refractivity (Wildman–Crippen MR) is 84.9 cm³/mol. The third kappa shape index (κ3) is 3.38. The fourth-order valence-corrected chi connectivity index (χ4v) is 3.39. The number of alkyl halides is 1. The Morgan fingerprint density at radius 1 is 1.05 bits per heavy atom. The number of halogens is 4. The van der Waals surface area contributed by atoms with Crippen molar-refractivity contribution in [2.24, 2.45) is 0 Å². The molecular weight excluding hydrogens is 370 g/mol. The maximum Gasteiger partial charge on any atom is 0.120 e. The summed E-state index contributed by atoms with van der Waals surface area (Å²) >= 11 is 22.0. The smallest absolute Gasteiger partial charge is 0.120 e. The molecule has 0 aromatic heterocycles. The van der Waals surface area contributed by atoms with Gasteiger partial charge in [0.05, 0.1) is 12.5 Å². The summed E-state index contributed by atoms with van der Waals surface area (Å²) in [4.78, 5) is 0. The minimum Gasteiger partial charge on any atom is -0.497 e. The largest absolute Gasteiger partial charge is 0.497 e. The fraction of sp³-hybridized carbons (Fsp3) is 0.143. The zero-order valence-corrected chi connectivity index (χ0v) is 13.8. The number of methoxy groups -OCH3 is 1. The molecule has 0 fully saturated rings. The maximum absolute atomic E-state index is 6.49. The topological polar surface area (TPSA) is 9.23 Å². The second-order valence-electron chi connectivity index (χ2n) is 3.92. The molecule has 0 bridgehead atoms. The molecule has 0 saturated heterocycles. The first kappa shape index (κ1) is 15.0. The summed E-state index contributed by atoms with van der Waals surface area (Å²) in [5, 5.41) is 0.784. The van der Waals surface area contributed by atoms with Crippen LogP contribution >= 0.6 is 50.7 Å².